The lowest BCUT2D eigenvalue weighted by atomic mass is 10.0. The summed E-state index contributed by atoms with van der Waals surface area (Å²) in [6.45, 7) is 4.04. The van der Waals surface area contributed by atoms with Crippen molar-refractivity contribution in [1.29, 1.82) is 0 Å². The Morgan fingerprint density at radius 3 is 2.42 bits per heavy atom. The molecule has 10 heteroatoms. The van der Waals surface area contributed by atoms with Gasteiger partial charge in [-0.1, -0.05) is 0 Å². The molecule has 174 valence electrons. The molecule has 0 aliphatic carbocycles. The number of pyridine rings is 1. The first-order valence-corrected chi connectivity index (χ1v) is 10.2. The smallest absolute Gasteiger partial charge is 0.417 e. The summed E-state index contributed by atoms with van der Waals surface area (Å²) < 4.78 is 48.9. The molecule has 33 heavy (non-hydrogen) atoms. The number of hydrogen-bond acceptors (Lipinski definition) is 6. The number of hydrogen-bond donors (Lipinski definition) is 0. The lowest BCUT2D eigenvalue weighted by Crippen LogP contribution is -2.42. The Morgan fingerprint density at radius 2 is 1.85 bits per heavy atom. The number of amides is 1. The van der Waals surface area contributed by atoms with Crippen LogP contribution in [0.15, 0.2) is 55.0 Å². The molecule has 2 heterocycles. The van der Waals surface area contributed by atoms with E-state index in [1.807, 2.05) is 6.92 Å². The Bertz CT molecular complexity index is 1080. The standard InChI is InChI=1S/C23H23F3N4O3/c1-4-30(15(2)14-33-20-9-6-16(13-29-20)23(24,25)26)22(31)18-8-7-17(32-3)12-19(18)21-27-10-5-11-28-21/h5-13,15H,4,14H2,1-3H3. The molecule has 0 aliphatic rings. The minimum Gasteiger partial charge on any atom is -0.497 e. The van der Waals surface area contributed by atoms with Gasteiger partial charge in [0.25, 0.3) is 5.91 Å². The molecule has 0 saturated carbocycles. The third kappa shape index (κ3) is 5.76. The summed E-state index contributed by atoms with van der Waals surface area (Å²) in [7, 11) is 1.53. The van der Waals surface area contributed by atoms with Crippen molar-refractivity contribution >= 4 is 5.91 Å². The molecule has 0 fully saturated rings. The van der Waals surface area contributed by atoms with Crippen LogP contribution in [0.5, 0.6) is 11.6 Å². The number of alkyl halides is 3. The average Bonchev–Trinajstić information content (AvgIpc) is 2.83. The summed E-state index contributed by atoms with van der Waals surface area (Å²) in [5.74, 6) is 0.718. The van der Waals surface area contributed by atoms with Crippen molar-refractivity contribution in [3.63, 3.8) is 0 Å². The number of methoxy groups -OCH3 is 1. The summed E-state index contributed by atoms with van der Waals surface area (Å²) in [6.07, 6.45) is -0.586. The fraction of sp³-hybridized carbons (Fsp3) is 0.304. The number of aromatic nitrogens is 3. The van der Waals surface area contributed by atoms with Crippen LogP contribution in [0.4, 0.5) is 13.2 Å². The summed E-state index contributed by atoms with van der Waals surface area (Å²) in [5.41, 5.74) is 0.0581. The maximum atomic E-state index is 13.4. The first-order chi connectivity index (χ1) is 15.7. The highest BCUT2D eigenvalue weighted by molar-refractivity contribution is 6.00. The first-order valence-electron chi connectivity index (χ1n) is 10.2. The van der Waals surface area contributed by atoms with Gasteiger partial charge in [0.2, 0.25) is 5.88 Å². The molecule has 0 spiro atoms. The number of ether oxygens (including phenoxy) is 2. The van der Waals surface area contributed by atoms with E-state index in [1.54, 1.807) is 48.5 Å². The summed E-state index contributed by atoms with van der Waals surface area (Å²) in [6, 6.07) is 8.38. The lowest BCUT2D eigenvalue weighted by molar-refractivity contribution is -0.137. The number of benzene rings is 1. The normalized spacial score (nSPS) is 12.2. The second-order valence-corrected chi connectivity index (χ2v) is 7.12. The lowest BCUT2D eigenvalue weighted by Gasteiger charge is -2.28. The molecule has 3 rings (SSSR count). The Morgan fingerprint density at radius 1 is 1.12 bits per heavy atom. The molecule has 7 nitrogen and oxygen atoms in total. The van der Waals surface area contributed by atoms with E-state index in [4.69, 9.17) is 9.47 Å². The number of nitrogens with zero attached hydrogens (tertiary/aromatic N) is 4. The largest absolute Gasteiger partial charge is 0.497 e. The molecule has 0 N–H and O–H groups in total. The SMILES string of the molecule is CCN(C(=O)c1ccc(OC)cc1-c1ncccn1)C(C)COc1ccc(C(F)(F)F)cn1. The minimum absolute atomic E-state index is 0.0428. The number of rotatable bonds is 8. The Hall–Kier alpha value is -3.69. The van der Waals surface area contributed by atoms with Gasteiger partial charge in [-0.2, -0.15) is 13.2 Å². The molecule has 2 aromatic heterocycles. The van der Waals surface area contributed by atoms with Crippen molar-refractivity contribution in [2.24, 2.45) is 0 Å². The number of halogens is 3. The number of carbonyl (C=O) groups is 1. The van der Waals surface area contributed by atoms with E-state index in [9.17, 15) is 18.0 Å². The zero-order chi connectivity index (χ0) is 24.0. The fourth-order valence-electron chi connectivity index (χ4n) is 3.20. The van der Waals surface area contributed by atoms with Gasteiger partial charge in [-0.25, -0.2) is 15.0 Å². The number of likely N-dealkylation sites (N-methyl/N-ethyl adjacent to an activating group) is 1. The zero-order valence-electron chi connectivity index (χ0n) is 18.3. The van der Waals surface area contributed by atoms with Gasteiger partial charge in [0.1, 0.15) is 12.4 Å². The third-order valence-electron chi connectivity index (χ3n) is 4.93. The molecular weight excluding hydrogens is 437 g/mol. The fourth-order valence-corrected chi connectivity index (χ4v) is 3.20. The molecule has 1 atom stereocenters. The molecule has 0 radical (unpaired) electrons. The van der Waals surface area contributed by atoms with Crippen molar-refractivity contribution in [1.82, 2.24) is 19.9 Å². The average molecular weight is 460 g/mol. The van der Waals surface area contributed by atoms with E-state index < -0.39 is 17.8 Å². The van der Waals surface area contributed by atoms with Gasteiger partial charge in [0.15, 0.2) is 5.82 Å². The van der Waals surface area contributed by atoms with Gasteiger partial charge in [-0.15, -0.1) is 0 Å². The van der Waals surface area contributed by atoms with Crippen LogP contribution in [-0.4, -0.2) is 52.1 Å². The van der Waals surface area contributed by atoms with Crippen LogP contribution in [0.1, 0.15) is 29.8 Å². The van der Waals surface area contributed by atoms with E-state index in [0.717, 1.165) is 12.1 Å². The summed E-state index contributed by atoms with van der Waals surface area (Å²) in [5, 5.41) is 0. The highest BCUT2D eigenvalue weighted by Gasteiger charge is 2.31. The molecule has 1 aromatic carbocycles. The van der Waals surface area contributed by atoms with E-state index in [0.29, 0.717) is 35.4 Å². The van der Waals surface area contributed by atoms with Crippen LogP contribution in [0.3, 0.4) is 0 Å². The second kappa shape index (κ2) is 10.3. The maximum absolute atomic E-state index is 13.4. The van der Waals surface area contributed by atoms with Crippen molar-refractivity contribution in [2.45, 2.75) is 26.1 Å². The molecule has 3 aromatic rings. The van der Waals surface area contributed by atoms with Gasteiger partial charge in [-0.05, 0) is 44.2 Å². The third-order valence-corrected chi connectivity index (χ3v) is 4.93. The van der Waals surface area contributed by atoms with Crippen LogP contribution < -0.4 is 9.47 Å². The topological polar surface area (TPSA) is 77.4 Å². The predicted octanol–water partition coefficient (Wildman–Crippen LogP) is 4.50. The molecule has 0 bridgehead atoms. The molecule has 0 aliphatic heterocycles. The van der Waals surface area contributed by atoms with E-state index >= 15 is 0 Å². The van der Waals surface area contributed by atoms with Crippen LogP contribution in [0.25, 0.3) is 11.4 Å². The van der Waals surface area contributed by atoms with Crippen LogP contribution in [-0.2, 0) is 6.18 Å². The van der Waals surface area contributed by atoms with Gasteiger partial charge >= 0.3 is 6.18 Å². The quantitative estimate of drug-likeness (QED) is 0.493. The maximum Gasteiger partial charge on any atom is 0.417 e. The van der Waals surface area contributed by atoms with E-state index in [2.05, 4.69) is 15.0 Å². The van der Waals surface area contributed by atoms with Crippen LogP contribution in [0.2, 0.25) is 0 Å². The minimum atomic E-state index is -4.47. The van der Waals surface area contributed by atoms with Gasteiger partial charge in [0, 0.05) is 36.8 Å². The van der Waals surface area contributed by atoms with E-state index in [1.165, 1.54) is 7.11 Å². The number of carbonyl (C=O) groups excluding carboxylic acids is 1. The van der Waals surface area contributed by atoms with Crippen LogP contribution in [0, 0.1) is 0 Å². The van der Waals surface area contributed by atoms with Crippen LogP contribution >= 0.6 is 0 Å². The first kappa shape index (κ1) is 24.0. The highest BCUT2D eigenvalue weighted by atomic mass is 19.4. The molecule has 1 unspecified atom stereocenters. The Kier molecular flexibility index (Phi) is 7.47. The van der Waals surface area contributed by atoms with Crippen molar-refractivity contribution in [3.05, 3.63) is 66.1 Å². The van der Waals surface area contributed by atoms with Crippen molar-refractivity contribution < 1.29 is 27.4 Å². The zero-order valence-corrected chi connectivity index (χ0v) is 18.3. The van der Waals surface area contributed by atoms with Crippen molar-refractivity contribution in [3.8, 4) is 23.0 Å². The Balaban J connectivity index is 1.78. The highest BCUT2D eigenvalue weighted by Crippen LogP contribution is 2.29. The second-order valence-electron chi connectivity index (χ2n) is 7.12. The van der Waals surface area contributed by atoms with E-state index in [-0.39, 0.29) is 18.4 Å². The van der Waals surface area contributed by atoms with Crippen molar-refractivity contribution in [2.75, 3.05) is 20.3 Å². The molecular formula is C23H23F3N4O3. The van der Waals surface area contributed by atoms with Gasteiger partial charge in [0.05, 0.1) is 24.3 Å². The summed E-state index contributed by atoms with van der Waals surface area (Å²) in [4.78, 5) is 27.2. The molecule has 1 amide bonds. The Labute approximate surface area is 189 Å². The molecule has 0 saturated heterocycles. The van der Waals surface area contributed by atoms with Gasteiger partial charge in [-0.3, -0.25) is 4.79 Å². The monoisotopic (exact) mass is 460 g/mol. The summed E-state index contributed by atoms with van der Waals surface area (Å²) >= 11 is 0. The predicted molar refractivity (Wildman–Crippen MR) is 115 cm³/mol. The van der Waals surface area contributed by atoms with Gasteiger partial charge < -0.3 is 14.4 Å².